The highest BCUT2D eigenvalue weighted by Gasteiger charge is 2.31. The van der Waals surface area contributed by atoms with Crippen molar-refractivity contribution in [1.29, 1.82) is 5.26 Å². The third-order valence-electron chi connectivity index (χ3n) is 4.80. The van der Waals surface area contributed by atoms with Gasteiger partial charge in [0.1, 0.15) is 0 Å². The van der Waals surface area contributed by atoms with Crippen LogP contribution in [0.15, 0.2) is 53.4 Å². The number of piperazine rings is 1. The van der Waals surface area contributed by atoms with E-state index in [-0.39, 0.29) is 12.5 Å². The summed E-state index contributed by atoms with van der Waals surface area (Å²) < 4.78 is 27.0. The summed E-state index contributed by atoms with van der Waals surface area (Å²) in [7, 11) is -3.49. The van der Waals surface area contributed by atoms with E-state index in [0.717, 1.165) is 10.5 Å². The number of nitrogens with zero attached hydrogens (tertiary/aromatic N) is 2. The average molecular weight is 399 g/mol. The first-order valence-electron chi connectivity index (χ1n) is 9.09. The molecule has 8 heteroatoms. The van der Waals surface area contributed by atoms with Crippen molar-refractivity contribution in [1.82, 2.24) is 4.31 Å². The summed E-state index contributed by atoms with van der Waals surface area (Å²) >= 11 is 0. The van der Waals surface area contributed by atoms with Gasteiger partial charge in [-0.1, -0.05) is 17.7 Å². The third kappa shape index (κ3) is 4.75. The highest BCUT2D eigenvalue weighted by atomic mass is 32.2. The monoisotopic (exact) mass is 399 g/mol. The fourth-order valence-corrected chi connectivity index (χ4v) is 4.58. The molecule has 2 aromatic carbocycles. The molecule has 1 aliphatic rings. The summed E-state index contributed by atoms with van der Waals surface area (Å²) in [5.74, 6) is -0.130. The number of amides is 1. The maximum atomic E-state index is 12.7. The number of sulfonamides is 1. The maximum absolute atomic E-state index is 12.7. The quantitative estimate of drug-likeness (QED) is 0.761. The number of benzene rings is 2. The number of rotatable bonds is 5. The van der Waals surface area contributed by atoms with Crippen LogP contribution in [-0.2, 0) is 14.8 Å². The second kappa shape index (κ2) is 8.52. The van der Waals surface area contributed by atoms with Crippen LogP contribution in [0.2, 0.25) is 0 Å². The zero-order valence-corrected chi connectivity index (χ0v) is 16.5. The van der Waals surface area contributed by atoms with Gasteiger partial charge in [-0.15, -0.1) is 0 Å². The molecule has 7 nitrogen and oxygen atoms in total. The molecule has 1 heterocycles. The van der Waals surface area contributed by atoms with Gasteiger partial charge >= 0.3 is 0 Å². The Bertz CT molecular complexity index is 972. The van der Waals surface area contributed by atoms with Crippen molar-refractivity contribution >= 4 is 21.6 Å². The maximum Gasteiger partial charge on any atom is 0.279 e. The lowest BCUT2D eigenvalue weighted by molar-refractivity contribution is -0.895. The molecule has 2 N–H and O–H groups in total. The van der Waals surface area contributed by atoms with E-state index in [1.165, 1.54) is 4.31 Å². The smallest absolute Gasteiger partial charge is 0.279 e. The number of anilines is 1. The van der Waals surface area contributed by atoms with Crippen LogP contribution < -0.4 is 10.2 Å². The Balaban J connectivity index is 1.52. The zero-order chi connectivity index (χ0) is 20.1. The summed E-state index contributed by atoms with van der Waals surface area (Å²) in [5, 5.41) is 11.6. The van der Waals surface area contributed by atoms with Crippen molar-refractivity contribution in [2.24, 2.45) is 0 Å². The summed E-state index contributed by atoms with van der Waals surface area (Å²) in [6, 6.07) is 15.6. The zero-order valence-electron chi connectivity index (χ0n) is 15.7. The number of nitrogens with one attached hydrogen (secondary N) is 2. The van der Waals surface area contributed by atoms with E-state index >= 15 is 0 Å². The van der Waals surface area contributed by atoms with E-state index in [4.69, 9.17) is 5.26 Å². The van der Waals surface area contributed by atoms with Gasteiger partial charge < -0.3 is 10.2 Å². The van der Waals surface area contributed by atoms with E-state index in [1.807, 2.05) is 13.0 Å². The lowest BCUT2D eigenvalue weighted by Crippen LogP contribution is -3.15. The van der Waals surface area contributed by atoms with Crippen LogP contribution >= 0.6 is 0 Å². The van der Waals surface area contributed by atoms with Gasteiger partial charge in [-0.05, 0) is 43.3 Å². The van der Waals surface area contributed by atoms with Gasteiger partial charge in [0.2, 0.25) is 10.0 Å². The first-order valence-corrected chi connectivity index (χ1v) is 10.5. The molecule has 2 aromatic rings. The Morgan fingerprint density at radius 2 is 1.71 bits per heavy atom. The molecule has 0 spiro atoms. The van der Waals surface area contributed by atoms with Gasteiger partial charge in [-0.25, -0.2) is 8.42 Å². The Labute approximate surface area is 165 Å². The molecule has 1 amide bonds. The van der Waals surface area contributed by atoms with Gasteiger partial charge in [0.25, 0.3) is 5.91 Å². The number of carbonyl (C=O) groups is 1. The van der Waals surface area contributed by atoms with E-state index in [9.17, 15) is 13.2 Å². The largest absolute Gasteiger partial charge is 0.325 e. The van der Waals surface area contributed by atoms with Crippen LogP contribution in [0.1, 0.15) is 11.1 Å². The van der Waals surface area contributed by atoms with Gasteiger partial charge in [-0.2, -0.15) is 9.57 Å². The number of carbonyl (C=O) groups excluding carboxylic acids is 1. The second-order valence-electron chi connectivity index (χ2n) is 6.88. The normalized spacial score (nSPS) is 15.7. The molecule has 0 unspecified atom stereocenters. The van der Waals surface area contributed by atoms with Gasteiger partial charge in [0.05, 0.1) is 42.7 Å². The highest BCUT2D eigenvalue weighted by Crippen LogP contribution is 2.16. The van der Waals surface area contributed by atoms with Crippen LogP contribution in [0.3, 0.4) is 0 Å². The molecule has 28 heavy (non-hydrogen) atoms. The van der Waals surface area contributed by atoms with E-state index in [1.54, 1.807) is 48.5 Å². The Morgan fingerprint density at radius 3 is 2.29 bits per heavy atom. The molecule has 0 aliphatic carbocycles. The van der Waals surface area contributed by atoms with Crippen LogP contribution in [0, 0.1) is 18.3 Å². The Kier molecular flexibility index (Phi) is 6.09. The number of hydrogen-bond donors (Lipinski definition) is 2. The van der Waals surface area contributed by atoms with Crippen molar-refractivity contribution < 1.29 is 18.1 Å². The molecule has 1 saturated heterocycles. The second-order valence-corrected chi connectivity index (χ2v) is 8.82. The first-order chi connectivity index (χ1) is 13.4. The van der Waals surface area contributed by atoms with Crippen molar-refractivity contribution in [3.63, 3.8) is 0 Å². The molecule has 0 saturated carbocycles. The Morgan fingerprint density at radius 1 is 1.11 bits per heavy atom. The molecular formula is C20H23N4O3S+. The van der Waals surface area contributed by atoms with Crippen LogP contribution in [0.25, 0.3) is 0 Å². The van der Waals surface area contributed by atoms with Crippen molar-refractivity contribution in [2.75, 3.05) is 38.0 Å². The summed E-state index contributed by atoms with van der Waals surface area (Å²) in [4.78, 5) is 13.6. The van der Waals surface area contributed by atoms with E-state index < -0.39 is 10.0 Å². The van der Waals surface area contributed by atoms with Crippen molar-refractivity contribution in [2.45, 2.75) is 11.8 Å². The predicted octanol–water partition coefficient (Wildman–Crippen LogP) is 0.395. The fourth-order valence-electron chi connectivity index (χ4n) is 3.14. The van der Waals surface area contributed by atoms with E-state index in [0.29, 0.717) is 42.3 Å². The summed E-state index contributed by atoms with van der Waals surface area (Å²) in [6.07, 6.45) is 0. The first kappa shape index (κ1) is 20.0. The Hall–Kier alpha value is -2.73. The number of hydrogen-bond acceptors (Lipinski definition) is 4. The molecule has 0 atom stereocenters. The van der Waals surface area contributed by atoms with Gasteiger partial charge in [0.15, 0.2) is 6.54 Å². The molecule has 146 valence electrons. The summed E-state index contributed by atoms with van der Waals surface area (Å²) in [5.41, 5.74) is 2.19. The fraction of sp³-hybridized carbons (Fsp3) is 0.300. The average Bonchev–Trinajstić information content (AvgIpc) is 2.69. The number of nitriles is 1. The molecule has 3 rings (SSSR count). The standard InChI is InChI=1S/C20H22N4O3S/c1-16-2-8-19(9-3-16)28(26,27)24-12-10-23(11-13-24)15-20(25)22-18-6-4-17(14-21)5-7-18/h2-9H,10-13,15H2,1H3,(H,22,25)/p+1. The molecule has 0 aromatic heterocycles. The lowest BCUT2D eigenvalue weighted by atomic mass is 10.2. The minimum absolute atomic E-state index is 0.130. The highest BCUT2D eigenvalue weighted by molar-refractivity contribution is 7.89. The van der Waals surface area contributed by atoms with Crippen LogP contribution in [0.4, 0.5) is 5.69 Å². The molecule has 0 radical (unpaired) electrons. The van der Waals surface area contributed by atoms with Crippen molar-refractivity contribution in [3.05, 3.63) is 59.7 Å². The topological polar surface area (TPSA) is 94.7 Å². The molecule has 1 fully saturated rings. The summed E-state index contributed by atoms with van der Waals surface area (Å²) in [6.45, 7) is 4.11. The minimum atomic E-state index is -3.49. The molecular weight excluding hydrogens is 376 g/mol. The van der Waals surface area contributed by atoms with Gasteiger partial charge in [-0.3, -0.25) is 4.79 Å². The molecule has 0 bridgehead atoms. The number of aryl methyl sites for hydroxylation is 1. The van der Waals surface area contributed by atoms with E-state index in [2.05, 4.69) is 5.32 Å². The SMILES string of the molecule is Cc1ccc(S(=O)(=O)N2CC[NH+](CC(=O)Nc3ccc(C#N)cc3)CC2)cc1. The molecule has 1 aliphatic heterocycles. The predicted molar refractivity (Wildman–Crippen MR) is 105 cm³/mol. The minimum Gasteiger partial charge on any atom is -0.325 e. The van der Waals surface area contributed by atoms with Gasteiger partial charge in [0, 0.05) is 5.69 Å². The lowest BCUT2D eigenvalue weighted by Gasteiger charge is -2.31. The van der Waals surface area contributed by atoms with Crippen molar-refractivity contribution in [3.8, 4) is 6.07 Å². The van der Waals surface area contributed by atoms with Crippen LogP contribution in [-0.4, -0.2) is 51.4 Å². The third-order valence-corrected chi connectivity index (χ3v) is 6.71. The van der Waals surface area contributed by atoms with Crippen LogP contribution in [0.5, 0.6) is 0 Å². The number of quaternary nitrogens is 1.